The van der Waals surface area contributed by atoms with Gasteiger partial charge in [0.1, 0.15) is 5.75 Å². The van der Waals surface area contributed by atoms with Gasteiger partial charge in [0.05, 0.1) is 24.4 Å². The SMILES string of the molecule is CC(C)ONC(=O)c1c(Br)ccc2c1[C@@H](O)CCO2. The summed E-state index contributed by atoms with van der Waals surface area (Å²) >= 11 is 3.33. The maximum absolute atomic E-state index is 12.2. The summed E-state index contributed by atoms with van der Waals surface area (Å²) in [7, 11) is 0. The van der Waals surface area contributed by atoms with Crippen LogP contribution in [0.15, 0.2) is 16.6 Å². The average molecular weight is 330 g/mol. The summed E-state index contributed by atoms with van der Waals surface area (Å²) < 4.78 is 6.06. The third-order valence-corrected chi connectivity index (χ3v) is 3.41. The molecular formula is C13H16BrNO4. The largest absolute Gasteiger partial charge is 0.493 e. The maximum Gasteiger partial charge on any atom is 0.276 e. The van der Waals surface area contributed by atoms with Gasteiger partial charge in [-0.15, -0.1) is 0 Å². The van der Waals surface area contributed by atoms with E-state index in [2.05, 4.69) is 21.4 Å². The van der Waals surface area contributed by atoms with Crippen molar-refractivity contribution in [3.63, 3.8) is 0 Å². The Morgan fingerprint density at radius 1 is 1.58 bits per heavy atom. The van der Waals surface area contributed by atoms with Gasteiger partial charge in [0.25, 0.3) is 5.91 Å². The van der Waals surface area contributed by atoms with E-state index in [1.807, 2.05) is 13.8 Å². The third kappa shape index (κ3) is 3.08. The van der Waals surface area contributed by atoms with Crippen LogP contribution in [0.2, 0.25) is 0 Å². The van der Waals surface area contributed by atoms with Crippen LogP contribution >= 0.6 is 15.9 Å². The van der Waals surface area contributed by atoms with Gasteiger partial charge < -0.3 is 9.84 Å². The number of nitrogens with one attached hydrogen (secondary N) is 1. The molecule has 104 valence electrons. The number of aliphatic hydroxyl groups is 1. The molecule has 5 nitrogen and oxygen atoms in total. The molecule has 6 heteroatoms. The fourth-order valence-electron chi connectivity index (χ4n) is 1.91. The van der Waals surface area contributed by atoms with E-state index in [4.69, 9.17) is 9.57 Å². The Morgan fingerprint density at radius 3 is 3.00 bits per heavy atom. The first kappa shape index (κ1) is 14.3. The second-order valence-corrected chi connectivity index (χ2v) is 5.44. The number of rotatable bonds is 3. The number of hydrogen-bond donors (Lipinski definition) is 2. The molecule has 0 radical (unpaired) electrons. The van der Waals surface area contributed by atoms with E-state index >= 15 is 0 Å². The molecule has 2 N–H and O–H groups in total. The second kappa shape index (κ2) is 5.90. The minimum absolute atomic E-state index is 0.122. The molecule has 0 bridgehead atoms. The van der Waals surface area contributed by atoms with Crippen molar-refractivity contribution in [3.05, 3.63) is 27.7 Å². The van der Waals surface area contributed by atoms with Gasteiger partial charge in [-0.2, -0.15) is 0 Å². The molecular weight excluding hydrogens is 314 g/mol. The van der Waals surface area contributed by atoms with Crippen LogP contribution in [0.1, 0.15) is 42.3 Å². The van der Waals surface area contributed by atoms with Crippen LogP contribution in [0.3, 0.4) is 0 Å². The molecule has 0 aliphatic carbocycles. The molecule has 1 aliphatic rings. The van der Waals surface area contributed by atoms with Gasteiger partial charge >= 0.3 is 0 Å². The Morgan fingerprint density at radius 2 is 2.32 bits per heavy atom. The minimum atomic E-state index is -0.707. The van der Waals surface area contributed by atoms with Gasteiger partial charge in [0.15, 0.2) is 0 Å². The van der Waals surface area contributed by atoms with Crippen LogP contribution in [0, 0.1) is 0 Å². The molecule has 1 amide bonds. The standard InChI is InChI=1S/C13H16BrNO4/c1-7(2)19-15-13(17)11-8(14)3-4-10-12(11)9(16)5-6-18-10/h3-4,7,9,16H,5-6H2,1-2H3,(H,15,17)/t9-/m0/s1. The van der Waals surface area contributed by atoms with Crippen molar-refractivity contribution in [1.29, 1.82) is 0 Å². The van der Waals surface area contributed by atoms with E-state index in [1.54, 1.807) is 12.1 Å². The number of amides is 1. The van der Waals surface area contributed by atoms with Crippen LogP contribution in [0.5, 0.6) is 5.75 Å². The summed E-state index contributed by atoms with van der Waals surface area (Å²) in [5, 5.41) is 10.1. The fraction of sp³-hybridized carbons (Fsp3) is 0.462. The molecule has 0 aromatic heterocycles. The van der Waals surface area contributed by atoms with E-state index in [0.29, 0.717) is 34.4 Å². The molecule has 2 rings (SSSR count). The minimum Gasteiger partial charge on any atom is -0.493 e. The number of ether oxygens (including phenoxy) is 1. The summed E-state index contributed by atoms with van der Waals surface area (Å²) in [5.41, 5.74) is 3.23. The van der Waals surface area contributed by atoms with Crippen LogP contribution < -0.4 is 10.2 Å². The fourth-order valence-corrected chi connectivity index (χ4v) is 2.43. The molecule has 0 fully saturated rings. The number of carbonyl (C=O) groups is 1. The highest BCUT2D eigenvalue weighted by Crippen LogP contribution is 2.38. The summed E-state index contributed by atoms with van der Waals surface area (Å²) in [4.78, 5) is 17.3. The first-order valence-electron chi connectivity index (χ1n) is 6.10. The van der Waals surface area contributed by atoms with Gasteiger partial charge in [0.2, 0.25) is 0 Å². The summed E-state index contributed by atoms with van der Waals surface area (Å²) in [5.74, 6) is 0.138. The van der Waals surface area contributed by atoms with Gasteiger partial charge in [0, 0.05) is 16.5 Å². The summed E-state index contributed by atoms with van der Waals surface area (Å²) in [6.07, 6.45) is -0.362. The quantitative estimate of drug-likeness (QED) is 0.835. The van der Waals surface area contributed by atoms with Crippen molar-refractivity contribution in [2.75, 3.05) is 6.61 Å². The summed E-state index contributed by atoms with van der Waals surface area (Å²) in [6.45, 7) is 4.07. The van der Waals surface area contributed by atoms with Crippen LogP contribution in [-0.4, -0.2) is 23.7 Å². The van der Waals surface area contributed by atoms with E-state index in [9.17, 15) is 9.90 Å². The Labute approximate surface area is 120 Å². The molecule has 0 unspecified atom stereocenters. The highest BCUT2D eigenvalue weighted by atomic mass is 79.9. The van der Waals surface area contributed by atoms with Crippen molar-refractivity contribution in [2.45, 2.75) is 32.5 Å². The number of fused-ring (bicyclic) bond motifs is 1. The molecule has 1 aromatic carbocycles. The molecule has 19 heavy (non-hydrogen) atoms. The predicted molar refractivity (Wildman–Crippen MR) is 72.9 cm³/mol. The maximum atomic E-state index is 12.2. The molecule has 1 atom stereocenters. The number of halogens is 1. The Balaban J connectivity index is 2.36. The van der Waals surface area contributed by atoms with Crippen LogP contribution in [0.25, 0.3) is 0 Å². The van der Waals surface area contributed by atoms with Crippen molar-refractivity contribution < 1.29 is 19.5 Å². The Bertz CT molecular complexity index is 490. The first-order valence-corrected chi connectivity index (χ1v) is 6.89. The molecule has 0 saturated heterocycles. The van der Waals surface area contributed by atoms with Crippen molar-refractivity contribution >= 4 is 21.8 Å². The van der Waals surface area contributed by atoms with Crippen LogP contribution in [-0.2, 0) is 4.84 Å². The lowest BCUT2D eigenvalue weighted by Gasteiger charge is -2.25. The van der Waals surface area contributed by atoms with Gasteiger partial charge in [-0.3, -0.25) is 9.63 Å². The molecule has 1 heterocycles. The van der Waals surface area contributed by atoms with Crippen LogP contribution in [0.4, 0.5) is 0 Å². The number of hydrogen-bond acceptors (Lipinski definition) is 4. The Hall–Kier alpha value is -1.11. The Kier molecular flexibility index (Phi) is 4.44. The van der Waals surface area contributed by atoms with Gasteiger partial charge in [-0.25, -0.2) is 5.48 Å². The highest BCUT2D eigenvalue weighted by molar-refractivity contribution is 9.10. The van der Waals surface area contributed by atoms with E-state index in [0.717, 1.165) is 0 Å². The van der Waals surface area contributed by atoms with E-state index < -0.39 is 12.0 Å². The zero-order valence-corrected chi connectivity index (χ0v) is 12.4. The number of carbonyl (C=O) groups excluding carboxylic acids is 1. The lowest BCUT2D eigenvalue weighted by Crippen LogP contribution is -2.29. The zero-order valence-electron chi connectivity index (χ0n) is 10.8. The number of benzene rings is 1. The smallest absolute Gasteiger partial charge is 0.276 e. The first-order chi connectivity index (χ1) is 9.00. The van der Waals surface area contributed by atoms with Gasteiger partial charge in [-0.05, 0) is 41.9 Å². The lowest BCUT2D eigenvalue weighted by atomic mass is 9.97. The highest BCUT2D eigenvalue weighted by Gasteiger charge is 2.28. The molecule has 1 aromatic rings. The van der Waals surface area contributed by atoms with Crippen molar-refractivity contribution in [3.8, 4) is 5.75 Å². The predicted octanol–water partition coefficient (Wildman–Crippen LogP) is 2.33. The summed E-state index contributed by atoms with van der Waals surface area (Å²) in [6, 6.07) is 3.46. The zero-order chi connectivity index (χ0) is 14.0. The average Bonchev–Trinajstić information content (AvgIpc) is 2.36. The van der Waals surface area contributed by atoms with Crippen molar-refractivity contribution in [1.82, 2.24) is 5.48 Å². The normalized spacial score (nSPS) is 17.8. The number of aliphatic hydroxyl groups excluding tert-OH is 1. The lowest BCUT2D eigenvalue weighted by molar-refractivity contribution is -0.000284. The van der Waals surface area contributed by atoms with E-state index in [-0.39, 0.29) is 6.10 Å². The number of hydroxylamine groups is 1. The monoisotopic (exact) mass is 329 g/mol. The van der Waals surface area contributed by atoms with Gasteiger partial charge in [-0.1, -0.05) is 0 Å². The molecule has 1 aliphatic heterocycles. The van der Waals surface area contributed by atoms with E-state index in [1.165, 1.54) is 0 Å². The topological polar surface area (TPSA) is 67.8 Å². The molecule has 0 saturated carbocycles. The second-order valence-electron chi connectivity index (χ2n) is 4.58. The van der Waals surface area contributed by atoms with Crippen molar-refractivity contribution in [2.24, 2.45) is 0 Å². The third-order valence-electron chi connectivity index (χ3n) is 2.75. The molecule has 0 spiro atoms.